The van der Waals surface area contributed by atoms with Crippen molar-refractivity contribution in [3.05, 3.63) is 60.4 Å². The van der Waals surface area contributed by atoms with E-state index in [1.54, 1.807) is 16.0 Å². The number of fused-ring (bicyclic) bond motifs is 6. The van der Waals surface area contributed by atoms with Crippen molar-refractivity contribution in [3.8, 4) is 11.1 Å². The Morgan fingerprint density at radius 2 is 1.28 bits per heavy atom. The number of ether oxygens (including phenoxy) is 2. The average Bonchev–Trinajstić information content (AvgIpc) is 4.06. The van der Waals surface area contributed by atoms with Crippen LogP contribution in [0.2, 0.25) is 0 Å². The fourth-order valence-electron chi connectivity index (χ4n) is 8.40. The summed E-state index contributed by atoms with van der Waals surface area (Å²) in [5.41, 5.74) is 6.49. The van der Waals surface area contributed by atoms with Gasteiger partial charge in [-0.05, 0) is 67.3 Å². The molecule has 302 valence electrons. The molecule has 0 unspecified atom stereocenters. The van der Waals surface area contributed by atoms with Crippen LogP contribution in [0, 0.1) is 11.8 Å². The smallest absolute Gasteiger partial charge is 0.407 e. The number of aromatic nitrogens is 6. The highest BCUT2D eigenvalue weighted by Gasteiger charge is 2.39. The van der Waals surface area contributed by atoms with Gasteiger partial charge in [-0.15, -0.1) is 0 Å². The highest BCUT2D eigenvalue weighted by molar-refractivity contribution is 6.05. The Balaban J connectivity index is 1.05. The van der Waals surface area contributed by atoms with E-state index < -0.39 is 24.3 Å². The maximum absolute atomic E-state index is 13.7. The first-order valence-electron chi connectivity index (χ1n) is 19.8. The lowest BCUT2D eigenvalue weighted by Crippen LogP contribution is -2.51. The Kier molecular flexibility index (Phi) is 10.3. The molecule has 0 spiro atoms. The molecule has 0 radical (unpaired) electrons. The van der Waals surface area contributed by atoms with Gasteiger partial charge in [0.1, 0.15) is 29.2 Å². The number of rotatable bonds is 9. The van der Waals surface area contributed by atoms with Crippen molar-refractivity contribution in [2.24, 2.45) is 11.8 Å². The zero-order chi connectivity index (χ0) is 40.8. The molecule has 4 N–H and O–H groups in total. The van der Waals surface area contributed by atoms with Crippen LogP contribution in [0.25, 0.3) is 55.0 Å². The molecular formula is C42H48N10O6. The van der Waals surface area contributed by atoms with Gasteiger partial charge in [-0.2, -0.15) is 0 Å². The number of imidazole rings is 2. The Morgan fingerprint density at radius 1 is 0.690 bits per heavy atom. The molecule has 16 nitrogen and oxygen atoms in total. The monoisotopic (exact) mass is 788 g/mol. The van der Waals surface area contributed by atoms with E-state index in [0.29, 0.717) is 24.7 Å². The minimum absolute atomic E-state index is 0.127. The maximum atomic E-state index is 13.7. The lowest BCUT2D eigenvalue weighted by molar-refractivity contribution is -0.136. The summed E-state index contributed by atoms with van der Waals surface area (Å²) in [6, 6.07) is 10.2. The molecule has 2 aliphatic heterocycles. The summed E-state index contributed by atoms with van der Waals surface area (Å²) >= 11 is 0. The molecule has 2 aromatic carbocycles. The topological polar surface area (TPSA) is 200 Å². The minimum Gasteiger partial charge on any atom is -0.453 e. The first kappa shape index (κ1) is 38.5. The number of aromatic amines is 2. The number of carbonyl (C=O) groups excluding carboxylic acids is 4. The van der Waals surface area contributed by atoms with Gasteiger partial charge in [0.2, 0.25) is 11.8 Å². The Hall–Kier alpha value is -6.32. The number of nitrogens with one attached hydrogen (secondary N) is 4. The normalized spacial score (nSPS) is 18.1. The summed E-state index contributed by atoms with van der Waals surface area (Å²) in [5, 5.41) is 7.21. The predicted molar refractivity (Wildman–Crippen MR) is 217 cm³/mol. The Morgan fingerprint density at radius 3 is 1.86 bits per heavy atom. The van der Waals surface area contributed by atoms with E-state index in [4.69, 9.17) is 29.4 Å². The van der Waals surface area contributed by atoms with E-state index in [1.165, 1.54) is 14.2 Å². The number of amides is 4. The van der Waals surface area contributed by atoms with E-state index in [9.17, 15) is 19.2 Å². The number of pyridine rings is 2. The molecule has 16 heteroatoms. The van der Waals surface area contributed by atoms with Crippen molar-refractivity contribution >= 4 is 67.9 Å². The number of hydrogen-bond acceptors (Lipinski definition) is 10. The lowest BCUT2D eigenvalue weighted by atomic mass is 10.0. The second-order valence-electron chi connectivity index (χ2n) is 15.8. The molecule has 0 saturated carbocycles. The molecule has 2 fully saturated rings. The van der Waals surface area contributed by atoms with E-state index in [0.717, 1.165) is 80.7 Å². The van der Waals surface area contributed by atoms with Crippen LogP contribution in [-0.2, 0) is 19.1 Å². The molecule has 2 saturated heterocycles. The van der Waals surface area contributed by atoms with Gasteiger partial charge in [-0.25, -0.2) is 19.6 Å². The van der Waals surface area contributed by atoms with Gasteiger partial charge in [-0.1, -0.05) is 39.8 Å². The number of methoxy groups -OCH3 is 2. The molecule has 4 aromatic heterocycles. The summed E-state index contributed by atoms with van der Waals surface area (Å²) in [4.78, 5) is 81.6. The zero-order valence-corrected chi connectivity index (χ0v) is 33.5. The van der Waals surface area contributed by atoms with Crippen LogP contribution in [0.4, 0.5) is 9.59 Å². The van der Waals surface area contributed by atoms with Crippen LogP contribution < -0.4 is 10.6 Å². The highest BCUT2D eigenvalue weighted by Crippen LogP contribution is 2.37. The first-order valence-corrected chi connectivity index (χ1v) is 19.8. The van der Waals surface area contributed by atoms with Crippen molar-refractivity contribution in [1.82, 2.24) is 50.3 Å². The zero-order valence-electron chi connectivity index (χ0n) is 33.5. The third kappa shape index (κ3) is 7.00. The summed E-state index contributed by atoms with van der Waals surface area (Å²) in [5.74, 6) is 0.805. The molecule has 4 atom stereocenters. The number of hydrogen-bond donors (Lipinski definition) is 4. The Labute approximate surface area is 334 Å². The summed E-state index contributed by atoms with van der Waals surface area (Å²) < 4.78 is 9.56. The second-order valence-corrected chi connectivity index (χ2v) is 15.8. The summed E-state index contributed by atoms with van der Waals surface area (Å²) in [7, 11) is 2.57. The van der Waals surface area contributed by atoms with Crippen molar-refractivity contribution in [2.75, 3.05) is 27.3 Å². The molecule has 8 rings (SSSR count). The number of H-pyrrole nitrogens is 2. The summed E-state index contributed by atoms with van der Waals surface area (Å²) in [6.45, 7) is 8.72. The largest absolute Gasteiger partial charge is 0.453 e. The number of carbonyl (C=O) groups is 4. The van der Waals surface area contributed by atoms with Gasteiger partial charge in [0, 0.05) is 35.6 Å². The molecule has 0 aliphatic carbocycles. The quantitative estimate of drug-likeness (QED) is 0.129. The van der Waals surface area contributed by atoms with E-state index in [-0.39, 0.29) is 35.7 Å². The van der Waals surface area contributed by atoms with Crippen LogP contribution in [0.1, 0.15) is 77.1 Å². The van der Waals surface area contributed by atoms with Gasteiger partial charge in [0.15, 0.2) is 0 Å². The third-order valence-corrected chi connectivity index (χ3v) is 11.5. The van der Waals surface area contributed by atoms with Gasteiger partial charge < -0.3 is 39.9 Å². The third-order valence-electron chi connectivity index (χ3n) is 11.5. The van der Waals surface area contributed by atoms with E-state index in [2.05, 4.69) is 26.7 Å². The van der Waals surface area contributed by atoms with Crippen molar-refractivity contribution in [2.45, 2.75) is 77.5 Å². The lowest BCUT2D eigenvalue weighted by Gasteiger charge is -2.29. The summed E-state index contributed by atoms with van der Waals surface area (Å²) in [6.07, 6.45) is 5.48. The van der Waals surface area contributed by atoms with Crippen LogP contribution in [0.3, 0.4) is 0 Å². The second kappa shape index (κ2) is 15.6. The van der Waals surface area contributed by atoms with Crippen LogP contribution in [-0.4, -0.2) is 103 Å². The molecule has 6 aromatic rings. The molecule has 4 amide bonds. The predicted octanol–water partition coefficient (Wildman–Crippen LogP) is 6.29. The van der Waals surface area contributed by atoms with Crippen molar-refractivity contribution < 1.29 is 28.7 Å². The molecular weight excluding hydrogens is 741 g/mol. The van der Waals surface area contributed by atoms with Crippen LogP contribution in [0.15, 0.2) is 48.8 Å². The SMILES string of the molecule is COC(=O)N[C@H](C(=O)N1CCC[C@H]1c1nc2c(cnc3cc(-c4cnc5c(ccc6[nH]c([C@@H]7CCCN7C(=O)[C@@H](NC(=O)OC)C(C)C)nc65)c4)ccc32)[nH]1)C(C)C. The maximum Gasteiger partial charge on any atom is 0.407 e. The number of likely N-dealkylation sites (tertiary alicyclic amines) is 2. The van der Waals surface area contributed by atoms with Gasteiger partial charge in [0.25, 0.3) is 0 Å². The van der Waals surface area contributed by atoms with E-state index >= 15 is 0 Å². The van der Waals surface area contributed by atoms with Crippen LogP contribution in [0.5, 0.6) is 0 Å². The molecule has 6 heterocycles. The van der Waals surface area contributed by atoms with Gasteiger partial charge in [0.05, 0.1) is 60.1 Å². The average molecular weight is 789 g/mol. The fourth-order valence-corrected chi connectivity index (χ4v) is 8.40. The highest BCUT2D eigenvalue weighted by atomic mass is 16.5. The standard InChI is InChI=1S/C42H48N10O6/c1-21(2)32(49-41(55)57-5)39(53)51-15-7-9-30(51)37-45-27-14-12-24-17-25(19-44-34(24)36(27)48-37)23-11-13-26-28(18-23)43-20-29-35(26)47-38(46-29)31-10-8-16-52(31)40(54)33(22(3)4)50-42(56)58-6/h11-14,17-22,30-33H,7-10,15-16H2,1-6H3,(H,45,48)(H,46,47)(H,49,55)(H,50,56)/t30-,31-,32-,33-/m0/s1. The van der Waals surface area contributed by atoms with E-state index in [1.807, 2.05) is 64.2 Å². The minimum atomic E-state index is -0.715. The fraction of sp³-hybridized carbons (Fsp3) is 0.429. The van der Waals surface area contributed by atoms with Crippen molar-refractivity contribution in [1.29, 1.82) is 0 Å². The molecule has 2 aliphatic rings. The number of alkyl carbamates (subject to hydrolysis) is 2. The molecule has 58 heavy (non-hydrogen) atoms. The first-order chi connectivity index (χ1) is 27.9. The van der Waals surface area contributed by atoms with Crippen molar-refractivity contribution in [3.63, 3.8) is 0 Å². The van der Waals surface area contributed by atoms with Crippen LogP contribution >= 0.6 is 0 Å². The van der Waals surface area contributed by atoms with Gasteiger partial charge >= 0.3 is 12.2 Å². The number of nitrogens with zero attached hydrogens (tertiary/aromatic N) is 6. The Bertz CT molecular complexity index is 2390. The molecule has 0 bridgehead atoms. The van der Waals surface area contributed by atoms with Gasteiger partial charge in [-0.3, -0.25) is 19.6 Å². The number of benzene rings is 2.